The zero-order valence-corrected chi connectivity index (χ0v) is 28.2. The third-order valence-electron chi connectivity index (χ3n) is 10.4. The van der Waals surface area contributed by atoms with Crippen LogP contribution in [0.25, 0.3) is 0 Å². The number of fused-ring (bicyclic) bond motifs is 3. The van der Waals surface area contributed by atoms with Crippen LogP contribution in [-0.4, -0.2) is 91.4 Å². The second-order valence-corrected chi connectivity index (χ2v) is 13.2. The third-order valence-corrected chi connectivity index (χ3v) is 10.4. The highest BCUT2D eigenvalue weighted by Crippen LogP contribution is 2.42. The van der Waals surface area contributed by atoms with Gasteiger partial charge in [-0.05, 0) is 61.4 Å². The van der Waals surface area contributed by atoms with Gasteiger partial charge in [0.1, 0.15) is 30.5 Å². The van der Waals surface area contributed by atoms with Crippen LogP contribution in [-0.2, 0) is 19.9 Å². The summed E-state index contributed by atoms with van der Waals surface area (Å²) in [6.07, 6.45) is 8.76. The van der Waals surface area contributed by atoms with Crippen LogP contribution in [0.3, 0.4) is 0 Å². The zero-order chi connectivity index (χ0) is 30.8. The molecular formula is C35H53BrN3O6+. The number of nitrogens with one attached hydrogen (secondary N) is 2. The number of aromatic hydroxyl groups is 1. The van der Waals surface area contributed by atoms with Crippen molar-refractivity contribution in [3.63, 3.8) is 0 Å². The molecule has 1 saturated carbocycles. The maximum Gasteiger partial charge on any atom is 0.211 e. The number of benzene rings is 2. The van der Waals surface area contributed by atoms with Crippen molar-refractivity contribution in [1.82, 2.24) is 5.32 Å². The van der Waals surface area contributed by atoms with Gasteiger partial charge < -0.3 is 39.9 Å². The first kappa shape index (κ1) is 35.8. The average molecular weight is 692 g/mol. The van der Waals surface area contributed by atoms with Crippen molar-refractivity contribution in [2.45, 2.75) is 69.2 Å². The van der Waals surface area contributed by atoms with Gasteiger partial charge in [-0.3, -0.25) is 4.79 Å². The molecule has 3 saturated heterocycles. The molecule has 2 aromatic rings. The molecule has 3 aliphatic heterocycles. The fourth-order valence-corrected chi connectivity index (χ4v) is 7.64. The summed E-state index contributed by atoms with van der Waals surface area (Å²) in [5.41, 5.74) is 1.00. The minimum atomic E-state index is -0.908. The van der Waals surface area contributed by atoms with Crippen molar-refractivity contribution in [3.8, 4) is 5.75 Å². The van der Waals surface area contributed by atoms with E-state index in [1.165, 1.54) is 44.8 Å². The van der Waals surface area contributed by atoms with E-state index in [1.54, 1.807) is 12.1 Å². The summed E-state index contributed by atoms with van der Waals surface area (Å²) in [5.74, 6) is 0.826. The van der Waals surface area contributed by atoms with Gasteiger partial charge in [0.15, 0.2) is 0 Å². The zero-order valence-electron chi connectivity index (χ0n) is 26.4. The standard InChI is InChI=1S/C35H51N3O6.BrH/c39-26-37-31-22-28(12-13-32(31)40)33(41)23-36-16-6-7-20-43-21-19-38-17-14-27(15-18-38)34(24-38)44-25-35(42,30-10-4-5-11-30)29-8-2-1-3-9-29;/h1-3,8-9,12-13,22,26-27,30,33-34,36,41-42H,4-7,10-11,14-21,23-25H2,(H-,37,39,40);1H/p+1/t27?,33-,34-,35+,38?;/m0./s1. The number of rotatable bonds is 18. The van der Waals surface area contributed by atoms with Crippen LogP contribution in [0.4, 0.5) is 5.69 Å². The summed E-state index contributed by atoms with van der Waals surface area (Å²) >= 11 is 0. The number of nitrogens with zero attached hydrogens (tertiary/aromatic N) is 1. The minimum Gasteiger partial charge on any atom is -0.506 e. The Kier molecular flexibility index (Phi) is 13.7. The van der Waals surface area contributed by atoms with Gasteiger partial charge in [-0.2, -0.15) is 0 Å². The third kappa shape index (κ3) is 9.28. The molecule has 0 aromatic heterocycles. The number of aliphatic hydroxyl groups is 2. The lowest BCUT2D eigenvalue weighted by atomic mass is 9.80. The van der Waals surface area contributed by atoms with Gasteiger partial charge in [0, 0.05) is 31.9 Å². The highest BCUT2D eigenvalue weighted by molar-refractivity contribution is 8.93. The largest absolute Gasteiger partial charge is 0.506 e. The van der Waals surface area contributed by atoms with Crippen LogP contribution in [0, 0.1) is 11.8 Å². The molecule has 3 atom stereocenters. The molecular weight excluding hydrogens is 638 g/mol. The normalized spacial score (nSPS) is 24.9. The highest BCUT2D eigenvalue weighted by atomic mass is 79.9. The lowest BCUT2D eigenvalue weighted by Gasteiger charge is -2.52. The van der Waals surface area contributed by atoms with Crippen molar-refractivity contribution >= 4 is 29.1 Å². The number of quaternary nitrogens is 1. The van der Waals surface area contributed by atoms with Crippen LogP contribution in [0.15, 0.2) is 48.5 Å². The molecule has 9 nitrogen and oxygen atoms in total. The van der Waals surface area contributed by atoms with E-state index in [0.29, 0.717) is 31.0 Å². The van der Waals surface area contributed by atoms with Crippen LogP contribution in [0.1, 0.15) is 68.6 Å². The molecule has 2 aromatic carbocycles. The summed E-state index contributed by atoms with van der Waals surface area (Å²) < 4.78 is 13.8. The number of unbranched alkanes of at least 4 members (excludes halogenated alkanes) is 1. The maximum absolute atomic E-state index is 12.0. The van der Waals surface area contributed by atoms with Crippen LogP contribution in [0.2, 0.25) is 0 Å². The highest BCUT2D eigenvalue weighted by Gasteiger charge is 2.48. The lowest BCUT2D eigenvalue weighted by molar-refractivity contribution is -0.946. The molecule has 10 heteroatoms. The number of hydrogen-bond donors (Lipinski definition) is 5. The Morgan fingerprint density at radius 2 is 1.78 bits per heavy atom. The molecule has 6 rings (SSSR count). The molecule has 4 fully saturated rings. The summed E-state index contributed by atoms with van der Waals surface area (Å²) in [7, 11) is 0. The van der Waals surface area contributed by atoms with E-state index in [9.17, 15) is 20.1 Å². The van der Waals surface area contributed by atoms with Gasteiger partial charge in [-0.25, -0.2) is 0 Å². The molecule has 3 heterocycles. The van der Waals surface area contributed by atoms with Gasteiger partial charge in [0.05, 0.1) is 38.1 Å². The molecule has 0 unspecified atom stereocenters. The average Bonchev–Trinajstić information content (AvgIpc) is 3.61. The van der Waals surface area contributed by atoms with Crippen molar-refractivity contribution in [1.29, 1.82) is 0 Å². The predicted molar refractivity (Wildman–Crippen MR) is 180 cm³/mol. The Bertz CT molecular complexity index is 1180. The number of halogens is 1. The second-order valence-electron chi connectivity index (χ2n) is 13.2. The molecule has 1 amide bonds. The number of ether oxygens (including phenoxy) is 2. The Labute approximate surface area is 278 Å². The number of phenolic OH excluding ortho intramolecular Hbond substituents is 1. The fraction of sp³-hybridized carbons (Fsp3) is 0.629. The number of anilines is 1. The van der Waals surface area contributed by atoms with E-state index in [1.807, 2.05) is 18.2 Å². The molecule has 0 radical (unpaired) electrons. The van der Waals surface area contributed by atoms with Crippen LogP contribution in [0.5, 0.6) is 5.75 Å². The summed E-state index contributed by atoms with van der Waals surface area (Å²) in [6.45, 7) is 7.43. The van der Waals surface area contributed by atoms with Crippen molar-refractivity contribution in [2.24, 2.45) is 11.8 Å². The minimum absolute atomic E-state index is 0. The first-order valence-electron chi connectivity index (χ1n) is 16.7. The van der Waals surface area contributed by atoms with E-state index in [2.05, 4.69) is 22.8 Å². The topological polar surface area (TPSA) is 120 Å². The number of amides is 1. The molecule has 2 bridgehead atoms. The van der Waals surface area contributed by atoms with Gasteiger partial charge in [0.2, 0.25) is 6.41 Å². The SMILES string of the molecule is Br.O=CNc1cc([C@@H](O)CNCCCCOCC[N+]23CCC(CC2)[C@@H](OC[C@@](O)(c2ccccc2)C2CCCC2)C3)ccc1O. The van der Waals surface area contributed by atoms with E-state index < -0.39 is 11.7 Å². The first-order valence-corrected chi connectivity index (χ1v) is 16.7. The summed E-state index contributed by atoms with van der Waals surface area (Å²) in [4.78, 5) is 10.7. The fourth-order valence-electron chi connectivity index (χ4n) is 7.64. The Balaban J connectivity index is 0.00000461. The van der Waals surface area contributed by atoms with Crippen LogP contribution >= 0.6 is 17.0 Å². The van der Waals surface area contributed by atoms with Crippen molar-refractivity contribution in [3.05, 3.63) is 59.7 Å². The number of carbonyl (C=O) groups is 1. The van der Waals surface area contributed by atoms with Crippen molar-refractivity contribution in [2.75, 3.05) is 64.4 Å². The molecule has 250 valence electrons. The monoisotopic (exact) mass is 690 g/mol. The summed E-state index contributed by atoms with van der Waals surface area (Å²) in [5, 5.41) is 37.9. The number of hydrogen-bond acceptors (Lipinski definition) is 7. The maximum atomic E-state index is 12.0. The van der Waals surface area contributed by atoms with E-state index in [4.69, 9.17) is 9.47 Å². The lowest BCUT2D eigenvalue weighted by Crippen LogP contribution is -2.65. The van der Waals surface area contributed by atoms with Gasteiger partial charge in [-0.1, -0.05) is 49.2 Å². The van der Waals surface area contributed by atoms with E-state index >= 15 is 0 Å². The quantitative estimate of drug-likeness (QED) is 0.0668. The predicted octanol–water partition coefficient (Wildman–Crippen LogP) is 4.66. The molecule has 4 aliphatic rings. The summed E-state index contributed by atoms with van der Waals surface area (Å²) in [6, 6.07) is 14.9. The smallest absolute Gasteiger partial charge is 0.211 e. The molecule has 45 heavy (non-hydrogen) atoms. The number of aliphatic hydroxyl groups excluding tert-OH is 1. The van der Waals surface area contributed by atoms with E-state index in [0.717, 1.165) is 68.6 Å². The number of phenols is 1. The van der Waals surface area contributed by atoms with Gasteiger partial charge in [0.25, 0.3) is 0 Å². The van der Waals surface area contributed by atoms with Crippen LogP contribution < -0.4 is 10.6 Å². The Hall–Kier alpha value is -2.05. The van der Waals surface area contributed by atoms with Crippen molar-refractivity contribution < 1.29 is 34.1 Å². The van der Waals surface area contributed by atoms with Gasteiger partial charge >= 0.3 is 0 Å². The Morgan fingerprint density at radius 1 is 1.02 bits per heavy atom. The van der Waals surface area contributed by atoms with E-state index in [-0.39, 0.29) is 40.4 Å². The molecule has 0 spiro atoms. The Morgan fingerprint density at radius 3 is 2.51 bits per heavy atom. The molecule has 5 N–H and O–H groups in total. The first-order chi connectivity index (χ1) is 21.4. The molecule has 1 aliphatic carbocycles. The number of piperidine rings is 3. The van der Waals surface area contributed by atoms with Gasteiger partial charge in [-0.15, -0.1) is 17.0 Å². The number of carbonyl (C=O) groups excluding carboxylic acids is 1. The second kappa shape index (κ2) is 17.2.